The number of carbonyl (C=O) groups is 1. The van der Waals surface area contributed by atoms with Gasteiger partial charge in [0.05, 0.1) is 11.3 Å². The monoisotopic (exact) mass is 258 g/mol. The first-order valence-electron chi connectivity index (χ1n) is 6.12. The molecule has 0 bridgehead atoms. The Morgan fingerprint density at radius 1 is 1.42 bits per heavy atom. The van der Waals surface area contributed by atoms with Crippen LogP contribution in [0.25, 0.3) is 0 Å². The second-order valence-electron chi connectivity index (χ2n) is 4.60. The van der Waals surface area contributed by atoms with Gasteiger partial charge in [-0.25, -0.2) is 0 Å². The van der Waals surface area contributed by atoms with E-state index in [1.807, 2.05) is 45.2 Å². The summed E-state index contributed by atoms with van der Waals surface area (Å²) in [6, 6.07) is 7.47. The minimum Gasteiger partial charge on any atom is -0.399 e. The average molecular weight is 258 g/mol. The van der Waals surface area contributed by atoms with Crippen molar-refractivity contribution in [2.45, 2.75) is 20.4 Å². The summed E-state index contributed by atoms with van der Waals surface area (Å²) in [5.41, 5.74) is 9.62. The van der Waals surface area contributed by atoms with Gasteiger partial charge in [-0.05, 0) is 31.5 Å². The van der Waals surface area contributed by atoms with E-state index in [0.717, 1.165) is 17.0 Å². The highest BCUT2D eigenvalue weighted by molar-refractivity contribution is 5.96. The topological polar surface area (TPSA) is 72.9 Å². The first-order valence-corrected chi connectivity index (χ1v) is 6.12. The Labute approximate surface area is 112 Å². The lowest BCUT2D eigenvalue weighted by Crippen LogP contribution is -2.24. The Balaban J connectivity index is 2.10. The molecule has 0 saturated heterocycles. The highest BCUT2D eigenvalue weighted by atomic mass is 16.1. The zero-order valence-corrected chi connectivity index (χ0v) is 11.4. The number of nitrogens with two attached hydrogens (primary N) is 1. The third-order valence-corrected chi connectivity index (χ3v) is 3.14. The number of nitrogens with zero attached hydrogens (tertiary/aromatic N) is 2. The standard InChI is InChI=1S/C14H18N4O/c1-9-13(10(2)18(3)17-9)14(19)16-8-11-5-4-6-12(15)7-11/h4-7H,8,15H2,1-3H3,(H,16,19). The van der Waals surface area contributed by atoms with Crippen molar-refractivity contribution in [2.24, 2.45) is 7.05 Å². The molecule has 1 aromatic carbocycles. The average Bonchev–Trinajstić information content (AvgIpc) is 2.61. The van der Waals surface area contributed by atoms with E-state index >= 15 is 0 Å². The Bertz CT molecular complexity index is 616. The van der Waals surface area contributed by atoms with Crippen LogP contribution in [0.1, 0.15) is 27.3 Å². The summed E-state index contributed by atoms with van der Waals surface area (Å²) in [5.74, 6) is -0.106. The largest absolute Gasteiger partial charge is 0.399 e. The van der Waals surface area contributed by atoms with Crippen LogP contribution < -0.4 is 11.1 Å². The number of nitrogens with one attached hydrogen (secondary N) is 1. The molecule has 0 fully saturated rings. The maximum absolute atomic E-state index is 12.2. The molecule has 0 atom stereocenters. The Morgan fingerprint density at radius 3 is 2.74 bits per heavy atom. The van der Waals surface area contributed by atoms with Gasteiger partial charge in [0.1, 0.15) is 0 Å². The van der Waals surface area contributed by atoms with Gasteiger partial charge in [0.25, 0.3) is 5.91 Å². The van der Waals surface area contributed by atoms with Gasteiger partial charge >= 0.3 is 0 Å². The van der Waals surface area contributed by atoms with Gasteiger partial charge < -0.3 is 11.1 Å². The van der Waals surface area contributed by atoms with Crippen molar-refractivity contribution in [1.29, 1.82) is 0 Å². The molecular weight excluding hydrogens is 240 g/mol. The molecule has 1 amide bonds. The van der Waals surface area contributed by atoms with E-state index in [-0.39, 0.29) is 5.91 Å². The van der Waals surface area contributed by atoms with E-state index in [1.54, 1.807) is 4.68 Å². The highest BCUT2D eigenvalue weighted by Gasteiger charge is 2.16. The maximum Gasteiger partial charge on any atom is 0.255 e. The number of anilines is 1. The number of carbonyl (C=O) groups excluding carboxylic acids is 1. The van der Waals surface area contributed by atoms with Crippen molar-refractivity contribution in [3.8, 4) is 0 Å². The van der Waals surface area contributed by atoms with Crippen LogP contribution >= 0.6 is 0 Å². The summed E-state index contributed by atoms with van der Waals surface area (Å²) in [6.07, 6.45) is 0. The zero-order chi connectivity index (χ0) is 14.0. The quantitative estimate of drug-likeness (QED) is 0.820. The van der Waals surface area contributed by atoms with Crippen molar-refractivity contribution in [1.82, 2.24) is 15.1 Å². The van der Waals surface area contributed by atoms with Gasteiger partial charge in [-0.3, -0.25) is 9.48 Å². The molecular formula is C14H18N4O. The molecule has 5 heteroatoms. The molecule has 0 aliphatic heterocycles. The van der Waals surface area contributed by atoms with E-state index in [9.17, 15) is 4.79 Å². The van der Waals surface area contributed by atoms with Crippen LogP contribution in [0.4, 0.5) is 5.69 Å². The number of aromatic nitrogens is 2. The molecule has 0 spiro atoms. The van der Waals surface area contributed by atoms with Crippen LogP contribution in [0.3, 0.4) is 0 Å². The molecule has 5 nitrogen and oxygen atoms in total. The lowest BCUT2D eigenvalue weighted by molar-refractivity contribution is 0.0949. The molecule has 2 rings (SSSR count). The molecule has 19 heavy (non-hydrogen) atoms. The minimum atomic E-state index is -0.106. The predicted molar refractivity (Wildman–Crippen MR) is 74.7 cm³/mol. The fourth-order valence-corrected chi connectivity index (χ4v) is 2.08. The van der Waals surface area contributed by atoms with Gasteiger partial charge in [-0.1, -0.05) is 12.1 Å². The summed E-state index contributed by atoms with van der Waals surface area (Å²) in [5, 5.41) is 7.13. The third kappa shape index (κ3) is 2.76. The lowest BCUT2D eigenvalue weighted by atomic mass is 10.1. The Hall–Kier alpha value is -2.30. The summed E-state index contributed by atoms with van der Waals surface area (Å²) >= 11 is 0. The van der Waals surface area contributed by atoms with E-state index in [1.165, 1.54) is 0 Å². The predicted octanol–water partition coefficient (Wildman–Crippen LogP) is 1.55. The normalized spacial score (nSPS) is 10.5. The van der Waals surface area contributed by atoms with Crippen molar-refractivity contribution in [3.05, 3.63) is 46.8 Å². The van der Waals surface area contributed by atoms with Gasteiger partial charge in [-0.2, -0.15) is 5.10 Å². The first-order chi connectivity index (χ1) is 8.99. The van der Waals surface area contributed by atoms with Gasteiger partial charge in [0.15, 0.2) is 0 Å². The highest BCUT2D eigenvalue weighted by Crippen LogP contribution is 2.12. The minimum absolute atomic E-state index is 0.106. The number of benzene rings is 1. The van der Waals surface area contributed by atoms with Crippen molar-refractivity contribution < 1.29 is 4.79 Å². The number of aryl methyl sites for hydroxylation is 2. The molecule has 100 valence electrons. The van der Waals surface area contributed by atoms with Crippen LogP contribution in [0, 0.1) is 13.8 Å². The van der Waals surface area contributed by atoms with Crippen molar-refractivity contribution >= 4 is 11.6 Å². The number of rotatable bonds is 3. The summed E-state index contributed by atoms with van der Waals surface area (Å²) in [6.45, 7) is 4.18. The maximum atomic E-state index is 12.2. The van der Waals surface area contributed by atoms with E-state index in [4.69, 9.17) is 5.73 Å². The van der Waals surface area contributed by atoms with Gasteiger partial charge in [0.2, 0.25) is 0 Å². The van der Waals surface area contributed by atoms with Gasteiger partial charge in [0, 0.05) is 25.0 Å². The SMILES string of the molecule is Cc1nn(C)c(C)c1C(=O)NCc1cccc(N)c1. The lowest BCUT2D eigenvalue weighted by Gasteiger charge is -2.06. The fraction of sp³-hybridized carbons (Fsp3) is 0.286. The second kappa shape index (κ2) is 5.14. The number of hydrogen-bond acceptors (Lipinski definition) is 3. The van der Waals surface area contributed by atoms with Gasteiger partial charge in [-0.15, -0.1) is 0 Å². The number of amides is 1. The number of hydrogen-bond donors (Lipinski definition) is 2. The van der Waals surface area contributed by atoms with E-state index < -0.39 is 0 Å². The van der Waals surface area contributed by atoms with Crippen LogP contribution in [0.2, 0.25) is 0 Å². The summed E-state index contributed by atoms with van der Waals surface area (Å²) < 4.78 is 1.71. The van der Waals surface area contributed by atoms with E-state index in [2.05, 4.69) is 10.4 Å². The molecule has 3 N–H and O–H groups in total. The fourth-order valence-electron chi connectivity index (χ4n) is 2.08. The third-order valence-electron chi connectivity index (χ3n) is 3.14. The molecule has 2 aromatic rings. The molecule has 1 heterocycles. The Morgan fingerprint density at radius 2 is 2.16 bits per heavy atom. The van der Waals surface area contributed by atoms with Crippen molar-refractivity contribution in [2.75, 3.05) is 5.73 Å². The number of nitrogen functional groups attached to an aromatic ring is 1. The molecule has 0 radical (unpaired) electrons. The van der Waals surface area contributed by atoms with Crippen LogP contribution in [-0.2, 0) is 13.6 Å². The van der Waals surface area contributed by atoms with Crippen LogP contribution in [0.5, 0.6) is 0 Å². The Kier molecular flexibility index (Phi) is 3.55. The molecule has 0 saturated carbocycles. The smallest absolute Gasteiger partial charge is 0.255 e. The van der Waals surface area contributed by atoms with Crippen LogP contribution in [0.15, 0.2) is 24.3 Å². The second-order valence-corrected chi connectivity index (χ2v) is 4.60. The molecule has 1 aromatic heterocycles. The first kappa shape index (κ1) is 13.1. The van der Waals surface area contributed by atoms with Crippen molar-refractivity contribution in [3.63, 3.8) is 0 Å². The van der Waals surface area contributed by atoms with E-state index in [0.29, 0.717) is 17.8 Å². The summed E-state index contributed by atoms with van der Waals surface area (Å²) in [4.78, 5) is 12.2. The summed E-state index contributed by atoms with van der Waals surface area (Å²) in [7, 11) is 1.83. The van der Waals surface area contributed by atoms with Crippen LogP contribution in [-0.4, -0.2) is 15.7 Å². The molecule has 0 aliphatic carbocycles. The molecule has 0 unspecified atom stereocenters. The molecule has 0 aliphatic rings. The zero-order valence-electron chi connectivity index (χ0n) is 11.4.